The molecule has 2 bridgehead atoms. The molecule has 2 aliphatic carbocycles. The summed E-state index contributed by atoms with van der Waals surface area (Å²) in [7, 11) is 0. The van der Waals surface area contributed by atoms with E-state index in [2.05, 4.69) is 28.1 Å². The van der Waals surface area contributed by atoms with Gasteiger partial charge in [0.2, 0.25) is 5.56 Å². The largest absolute Gasteiger partial charge is 0.444 e. The fourth-order valence-electron chi connectivity index (χ4n) is 7.17. The van der Waals surface area contributed by atoms with Crippen molar-refractivity contribution in [3.05, 3.63) is 57.9 Å². The standard InChI is InChI=1S/C30H39N3O4/c1-28(2,3)37-27(35)32-14-11-29-12-15-33(19-20-7-8-20)25(30(29,36)13-16-32)18-21-9-10-22(17-23(21)29)24-5-4-6-26(34)31-24/h4-6,9-10,17,20,25,36H,7-8,11-16,18-19H2,1-3H3,(H,31,34)/t25-,29+,30-/m1/s1. The van der Waals surface area contributed by atoms with Crippen LogP contribution in [0.15, 0.2) is 41.2 Å². The summed E-state index contributed by atoms with van der Waals surface area (Å²) in [5, 5.41) is 12.8. The predicted molar refractivity (Wildman–Crippen MR) is 143 cm³/mol. The van der Waals surface area contributed by atoms with Crippen molar-refractivity contribution in [2.45, 2.75) is 82.0 Å². The minimum Gasteiger partial charge on any atom is -0.444 e. The molecule has 0 unspecified atom stereocenters. The lowest BCUT2D eigenvalue weighted by atomic mass is 9.52. The van der Waals surface area contributed by atoms with Gasteiger partial charge in [-0.3, -0.25) is 9.69 Å². The first-order chi connectivity index (χ1) is 17.6. The summed E-state index contributed by atoms with van der Waals surface area (Å²) in [5.74, 6) is 0.749. The summed E-state index contributed by atoms with van der Waals surface area (Å²) in [6.07, 6.45) is 5.16. The highest BCUT2D eigenvalue weighted by atomic mass is 16.6. The van der Waals surface area contributed by atoms with Crippen LogP contribution in [0.2, 0.25) is 0 Å². The van der Waals surface area contributed by atoms with Crippen LogP contribution < -0.4 is 5.56 Å². The van der Waals surface area contributed by atoms with E-state index in [4.69, 9.17) is 4.74 Å². The fraction of sp³-hybridized carbons (Fsp3) is 0.600. The average Bonchev–Trinajstić information content (AvgIpc) is 3.66. The number of fused-ring (bicyclic) bond motifs is 1. The summed E-state index contributed by atoms with van der Waals surface area (Å²) in [5.41, 5.74) is 2.14. The first-order valence-corrected chi connectivity index (χ1v) is 13.9. The van der Waals surface area contributed by atoms with E-state index in [9.17, 15) is 14.7 Å². The minimum absolute atomic E-state index is 0.0373. The van der Waals surface area contributed by atoms with Crippen molar-refractivity contribution >= 4 is 6.09 Å². The van der Waals surface area contributed by atoms with E-state index >= 15 is 0 Å². The van der Waals surface area contributed by atoms with Gasteiger partial charge < -0.3 is 19.7 Å². The van der Waals surface area contributed by atoms with Crippen molar-refractivity contribution in [1.29, 1.82) is 0 Å². The monoisotopic (exact) mass is 505 g/mol. The number of aromatic amines is 1. The molecule has 7 nitrogen and oxygen atoms in total. The topological polar surface area (TPSA) is 85.9 Å². The van der Waals surface area contributed by atoms with Crippen molar-refractivity contribution in [2.75, 3.05) is 26.2 Å². The Bertz CT molecular complexity index is 1260. The Balaban J connectivity index is 1.42. The zero-order valence-electron chi connectivity index (χ0n) is 22.3. The van der Waals surface area contributed by atoms with Gasteiger partial charge in [-0.2, -0.15) is 0 Å². The van der Waals surface area contributed by atoms with E-state index in [1.165, 1.54) is 30.0 Å². The number of piperidine rings is 1. The van der Waals surface area contributed by atoms with E-state index in [0.29, 0.717) is 25.9 Å². The molecular formula is C30H39N3O4. The van der Waals surface area contributed by atoms with Gasteiger partial charge in [0.15, 0.2) is 0 Å². The molecule has 2 aromatic rings. The average molecular weight is 506 g/mol. The van der Waals surface area contributed by atoms with Crippen LogP contribution in [0.5, 0.6) is 0 Å². The van der Waals surface area contributed by atoms with Gasteiger partial charge in [-0.1, -0.05) is 18.2 Å². The Morgan fingerprint density at radius 1 is 1.11 bits per heavy atom. The molecule has 0 spiro atoms. The number of hydrogen-bond donors (Lipinski definition) is 2. The molecule has 198 valence electrons. The van der Waals surface area contributed by atoms with Crippen molar-refractivity contribution in [2.24, 2.45) is 5.92 Å². The summed E-state index contributed by atoms with van der Waals surface area (Å²) < 4.78 is 5.73. The van der Waals surface area contributed by atoms with E-state index in [0.717, 1.165) is 43.1 Å². The maximum atomic E-state index is 13.1. The van der Waals surface area contributed by atoms with Gasteiger partial charge in [0.1, 0.15) is 5.60 Å². The second-order valence-electron chi connectivity index (χ2n) is 12.7. The van der Waals surface area contributed by atoms with Crippen LogP contribution in [0.4, 0.5) is 4.79 Å². The second-order valence-corrected chi connectivity index (χ2v) is 12.7. The number of carbonyl (C=O) groups excluding carboxylic acids is 1. The molecule has 6 rings (SSSR count). The third kappa shape index (κ3) is 4.30. The first-order valence-electron chi connectivity index (χ1n) is 13.9. The molecular weight excluding hydrogens is 466 g/mol. The number of nitrogens with one attached hydrogen (secondary N) is 1. The lowest BCUT2D eigenvalue weighted by Crippen LogP contribution is -2.71. The highest BCUT2D eigenvalue weighted by Crippen LogP contribution is 2.56. The van der Waals surface area contributed by atoms with Crippen molar-refractivity contribution in [3.8, 4) is 11.3 Å². The van der Waals surface area contributed by atoms with Crippen molar-refractivity contribution in [3.63, 3.8) is 0 Å². The molecule has 3 atom stereocenters. The molecule has 1 saturated carbocycles. The van der Waals surface area contributed by atoms with Gasteiger partial charge in [-0.05, 0) is 101 Å². The predicted octanol–water partition coefficient (Wildman–Crippen LogP) is 4.08. The number of hydrogen-bond acceptors (Lipinski definition) is 5. The third-order valence-electron chi connectivity index (χ3n) is 9.18. The Kier molecular flexibility index (Phi) is 5.81. The molecule has 7 heteroatoms. The molecule has 3 fully saturated rings. The lowest BCUT2D eigenvalue weighted by Gasteiger charge is -2.61. The molecule has 4 aliphatic rings. The normalized spacial score (nSPS) is 29.7. The van der Waals surface area contributed by atoms with Crippen molar-refractivity contribution in [1.82, 2.24) is 14.8 Å². The van der Waals surface area contributed by atoms with Gasteiger partial charge in [0, 0.05) is 42.9 Å². The molecule has 1 aromatic carbocycles. The number of aliphatic hydroxyl groups is 1. The minimum atomic E-state index is -0.938. The van der Waals surface area contributed by atoms with E-state index in [1.54, 1.807) is 11.0 Å². The molecule has 3 heterocycles. The molecule has 2 saturated heterocycles. The van der Waals surface area contributed by atoms with E-state index in [1.807, 2.05) is 26.8 Å². The van der Waals surface area contributed by atoms with Gasteiger partial charge in [0.05, 0.1) is 5.60 Å². The molecule has 0 radical (unpaired) electrons. The fourth-order valence-corrected chi connectivity index (χ4v) is 7.17. The van der Waals surface area contributed by atoms with Crippen molar-refractivity contribution < 1.29 is 14.6 Å². The Labute approximate surface area is 218 Å². The number of nitrogens with zero attached hydrogens (tertiary/aromatic N) is 2. The number of amides is 1. The van der Waals surface area contributed by atoms with Crippen LogP contribution in [0, 0.1) is 5.92 Å². The van der Waals surface area contributed by atoms with Gasteiger partial charge in [-0.15, -0.1) is 0 Å². The first kappa shape index (κ1) is 24.7. The van der Waals surface area contributed by atoms with Crippen LogP contribution in [0.25, 0.3) is 11.3 Å². The Morgan fingerprint density at radius 3 is 2.59 bits per heavy atom. The number of H-pyrrole nitrogens is 1. The SMILES string of the molecule is CC(C)(C)OC(=O)N1CC[C@]23CCN(CC4CC4)[C@H](Cc4ccc(-c5cccc(=O)[nH]5)cc42)[C@]3(O)CC1. The molecule has 2 aliphatic heterocycles. The zero-order chi connectivity index (χ0) is 26.0. The Hall–Kier alpha value is -2.64. The molecule has 37 heavy (non-hydrogen) atoms. The maximum absolute atomic E-state index is 13.1. The summed E-state index contributed by atoms with van der Waals surface area (Å²) in [4.78, 5) is 32.4. The number of rotatable bonds is 3. The summed E-state index contributed by atoms with van der Waals surface area (Å²) in [6, 6.07) is 11.7. The number of ether oxygens (including phenoxy) is 1. The maximum Gasteiger partial charge on any atom is 0.410 e. The van der Waals surface area contributed by atoms with Crippen LogP contribution in [0.3, 0.4) is 0 Å². The number of likely N-dealkylation sites (tertiary alicyclic amines) is 2. The number of carbonyl (C=O) groups is 1. The molecule has 2 N–H and O–H groups in total. The van der Waals surface area contributed by atoms with Crippen LogP contribution >= 0.6 is 0 Å². The van der Waals surface area contributed by atoms with Gasteiger partial charge in [0.25, 0.3) is 0 Å². The van der Waals surface area contributed by atoms with Crippen LogP contribution in [-0.2, 0) is 16.6 Å². The highest BCUT2D eigenvalue weighted by Gasteiger charge is 2.63. The zero-order valence-corrected chi connectivity index (χ0v) is 22.3. The quantitative estimate of drug-likeness (QED) is 0.657. The third-order valence-corrected chi connectivity index (χ3v) is 9.18. The van der Waals surface area contributed by atoms with Gasteiger partial charge >= 0.3 is 6.09 Å². The second kappa shape index (κ2) is 8.70. The number of pyridine rings is 1. The van der Waals surface area contributed by atoms with Crippen LogP contribution in [-0.4, -0.2) is 69.4 Å². The number of benzene rings is 1. The number of aromatic nitrogens is 1. The van der Waals surface area contributed by atoms with Crippen LogP contribution in [0.1, 0.15) is 64.0 Å². The smallest absolute Gasteiger partial charge is 0.410 e. The molecule has 1 amide bonds. The van der Waals surface area contributed by atoms with Gasteiger partial charge in [-0.25, -0.2) is 4.79 Å². The summed E-state index contributed by atoms with van der Waals surface area (Å²) in [6.45, 7) is 8.73. The lowest BCUT2D eigenvalue weighted by molar-refractivity contribution is -0.149. The summed E-state index contributed by atoms with van der Waals surface area (Å²) >= 11 is 0. The Morgan fingerprint density at radius 2 is 1.86 bits per heavy atom. The van der Waals surface area contributed by atoms with E-state index in [-0.39, 0.29) is 17.7 Å². The molecule has 1 aromatic heterocycles. The highest BCUT2D eigenvalue weighted by molar-refractivity contribution is 5.68. The van der Waals surface area contributed by atoms with E-state index < -0.39 is 16.6 Å².